The summed E-state index contributed by atoms with van der Waals surface area (Å²) in [6.45, 7) is 0.992. The van der Waals surface area contributed by atoms with Crippen LogP contribution in [0.4, 0.5) is 0 Å². The van der Waals surface area contributed by atoms with Crippen molar-refractivity contribution in [3.05, 3.63) is 28.2 Å². The van der Waals surface area contributed by atoms with Crippen molar-refractivity contribution in [3.8, 4) is 5.75 Å². The molecule has 0 aliphatic carbocycles. The molecule has 0 heterocycles. The van der Waals surface area contributed by atoms with Gasteiger partial charge in [0.1, 0.15) is 12.4 Å². The van der Waals surface area contributed by atoms with Crippen LogP contribution in [0, 0.1) is 0 Å². The number of ether oxygens (including phenoxy) is 2. The zero-order chi connectivity index (χ0) is 14.3. The Morgan fingerprint density at radius 3 is 2.79 bits per heavy atom. The molecule has 1 aromatic carbocycles. The van der Waals surface area contributed by atoms with Gasteiger partial charge >= 0.3 is 5.97 Å². The number of carboxylic acid groups (broad SMARTS) is 1. The van der Waals surface area contributed by atoms with Crippen molar-refractivity contribution in [2.24, 2.45) is 5.73 Å². The molecular formula is C13H18BrNO4. The zero-order valence-electron chi connectivity index (χ0n) is 10.8. The minimum Gasteiger partial charge on any atom is -0.490 e. The first kappa shape index (κ1) is 15.9. The normalized spacial score (nSPS) is 12.2. The number of methoxy groups -OCH3 is 1. The van der Waals surface area contributed by atoms with Crippen LogP contribution >= 0.6 is 15.9 Å². The Morgan fingerprint density at radius 1 is 1.47 bits per heavy atom. The topological polar surface area (TPSA) is 81.8 Å². The summed E-state index contributed by atoms with van der Waals surface area (Å²) in [4.78, 5) is 10.5. The zero-order valence-corrected chi connectivity index (χ0v) is 12.4. The average Bonchev–Trinajstić information content (AvgIpc) is 2.38. The summed E-state index contributed by atoms with van der Waals surface area (Å²) >= 11 is 3.41. The van der Waals surface area contributed by atoms with Crippen molar-refractivity contribution in [2.75, 3.05) is 20.3 Å². The van der Waals surface area contributed by atoms with Gasteiger partial charge in [0, 0.05) is 19.6 Å². The Hall–Kier alpha value is -1.11. The number of benzene rings is 1. The van der Waals surface area contributed by atoms with Gasteiger partial charge in [-0.1, -0.05) is 6.07 Å². The van der Waals surface area contributed by atoms with Gasteiger partial charge in [-0.3, -0.25) is 4.79 Å². The Bertz CT molecular complexity index is 425. The molecular weight excluding hydrogens is 314 g/mol. The van der Waals surface area contributed by atoms with Crippen molar-refractivity contribution in [1.29, 1.82) is 0 Å². The standard InChI is InChI=1S/C13H18BrNO4/c1-18-6-7-19-12-4-2-9(8-10(12)14)11(15)3-5-13(16)17/h2,4,8,11H,3,5-7,15H2,1H3,(H,16,17). The minimum absolute atomic E-state index is 0.0604. The predicted molar refractivity (Wildman–Crippen MR) is 75.3 cm³/mol. The van der Waals surface area contributed by atoms with E-state index in [-0.39, 0.29) is 12.5 Å². The summed E-state index contributed by atoms with van der Waals surface area (Å²) in [5.74, 6) is -0.125. The molecule has 3 N–H and O–H groups in total. The SMILES string of the molecule is COCCOc1ccc(C(N)CCC(=O)O)cc1Br. The maximum absolute atomic E-state index is 10.5. The van der Waals surface area contributed by atoms with Gasteiger partial charge in [0.05, 0.1) is 11.1 Å². The third-order valence-corrected chi connectivity index (χ3v) is 3.22. The summed E-state index contributed by atoms with van der Waals surface area (Å²) in [5, 5.41) is 8.63. The van der Waals surface area contributed by atoms with E-state index in [1.807, 2.05) is 18.2 Å². The van der Waals surface area contributed by atoms with E-state index in [0.29, 0.717) is 25.4 Å². The van der Waals surface area contributed by atoms with Crippen LogP contribution in [-0.4, -0.2) is 31.4 Å². The molecule has 0 aliphatic rings. The van der Waals surface area contributed by atoms with Crippen LogP contribution in [0.2, 0.25) is 0 Å². The highest BCUT2D eigenvalue weighted by Crippen LogP contribution is 2.29. The first-order valence-corrected chi connectivity index (χ1v) is 6.72. The number of hydrogen-bond donors (Lipinski definition) is 2. The van der Waals surface area contributed by atoms with Crippen molar-refractivity contribution in [2.45, 2.75) is 18.9 Å². The first-order chi connectivity index (χ1) is 9.04. The predicted octanol–water partition coefficient (Wildman–Crippen LogP) is 2.34. The van der Waals surface area contributed by atoms with E-state index in [1.165, 1.54) is 0 Å². The van der Waals surface area contributed by atoms with Gasteiger partial charge in [-0.05, 0) is 40.0 Å². The molecule has 0 fully saturated rings. The molecule has 1 atom stereocenters. The Morgan fingerprint density at radius 2 is 2.21 bits per heavy atom. The fourth-order valence-electron chi connectivity index (χ4n) is 1.55. The van der Waals surface area contributed by atoms with Gasteiger partial charge in [0.25, 0.3) is 0 Å². The maximum atomic E-state index is 10.5. The van der Waals surface area contributed by atoms with Crippen LogP contribution < -0.4 is 10.5 Å². The number of halogens is 1. The second-order valence-corrected chi connectivity index (χ2v) is 4.92. The lowest BCUT2D eigenvalue weighted by Gasteiger charge is -2.13. The molecule has 19 heavy (non-hydrogen) atoms. The molecule has 0 radical (unpaired) electrons. The lowest BCUT2D eigenvalue weighted by Crippen LogP contribution is -2.12. The van der Waals surface area contributed by atoms with Gasteiger partial charge in [-0.25, -0.2) is 0 Å². The van der Waals surface area contributed by atoms with Gasteiger partial charge < -0.3 is 20.3 Å². The van der Waals surface area contributed by atoms with Crippen LogP contribution in [0.3, 0.4) is 0 Å². The third-order valence-electron chi connectivity index (χ3n) is 2.60. The van der Waals surface area contributed by atoms with E-state index in [0.717, 1.165) is 10.0 Å². The average molecular weight is 332 g/mol. The number of rotatable bonds is 8. The molecule has 0 spiro atoms. The molecule has 1 aromatic rings. The summed E-state index contributed by atoms with van der Waals surface area (Å²) in [7, 11) is 1.61. The van der Waals surface area contributed by atoms with Crippen LogP contribution in [0.5, 0.6) is 5.75 Å². The largest absolute Gasteiger partial charge is 0.490 e. The Labute approximate surface area is 120 Å². The molecule has 106 valence electrons. The summed E-state index contributed by atoms with van der Waals surface area (Å²) in [5.41, 5.74) is 6.82. The molecule has 1 unspecified atom stereocenters. The van der Waals surface area contributed by atoms with Crippen LogP contribution in [0.1, 0.15) is 24.4 Å². The molecule has 0 saturated carbocycles. The Kier molecular flexibility index (Phi) is 6.83. The lowest BCUT2D eigenvalue weighted by molar-refractivity contribution is -0.137. The van der Waals surface area contributed by atoms with Crippen LogP contribution in [0.15, 0.2) is 22.7 Å². The summed E-state index contributed by atoms with van der Waals surface area (Å²) < 4.78 is 11.2. The highest BCUT2D eigenvalue weighted by Gasteiger charge is 2.11. The molecule has 0 bridgehead atoms. The number of hydrogen-bond acceptors (Lipinski definition) is 4. The number of carboxylic acids is 1. The Balaban J connectivity index is 2.62. The van der Waals surface area contributed by atoms with Gasteiger partial charge in [-0.15, -0.1) is 0 Å². The van der Waals surface area contributed by atoms with E-state index < -0.39 is 5.97 Å². The molecule has 5 nitrogen and oxygen atoms in total. The highest BCUT2D eigenvalue weighted by molar-refractivity contribution is 9.10. The van der Waals surface area contributed by atoms with Crippen LogP contribution in [0.25, 0.3) is 0 Å². The lowest BCUT2D eigenvalue weighted by atomic mass is 10.0. The maximum Gasteiger partial charge on any atom is 0.303 e. The number of carbonyl (C=O) groups is 1. The van der Waals surface area contributed by atoms with Crippen molar-refractivity contribution in [1.82, 2.24) is 0 Å². The number of nitrogens with two attached hydrogens (primary N) is 1. The van der Waals surface area contributed by atoms with E-state index in [9.17, 15) is 4.79 Å². The van der Waals surface area contributed by atoms with E-state index in [4.69, 9.17) is 20.3 Å². The van der Waals surface area contributed by atoms with Crippen LogP contribution in [-0.2, 0) is 9.53 Å². The van der Waals surface area contributed by atoms with Crippen molar-refractivity contribution >= 4 is 21.9 Å². The molecule has 6 heteroatoms. The van der Waals surface area contributed by atoms with Crippen molar-refractivity contribution in [3.63, 3.8) is 0 Å². The molecule has 0 amide bonds. The second-order valence-electron chi connectivity index (χ2n) is 4.07. The fraction of sp³-hybridized carbons (Fsp3) is 0.462. The highest BCUT2D eigenvalue weighted by atomic mass is 79.9. The first-order valence-electron chi connectivity index (χ1n) is 5.93. The number of aliphatic carboxylic acids is 1. The van der Waals surface area contributed by atoms with E-state index in [1.54, 1.807) is 7.11 Å². The minimum atomic E-state index is -0.839. The summed E-state index contributed by atoms with van der Waals surface area (Å²) in [6.07, 6.45) is 0.469. The smallest absolute Gasteiger partial charge is 0.303 e. The summed E-state index contributed by atoms with van der Waals surface area (Å²) in [6, 6.07) is 5.23. The van der Waals surface area contributed by atoms with E-state index >= 15 is 0 Å². The molecule has 0 saturated heterocycles. The monoisotopic (exact) mass is 331 g/mol. The molecule has 0 aromatic heterocycles. The fourth-order valence-corrected chi connectivity index (χ4v) is 2.06. The van der Waals surface area contributed by atoms with Gasteiger partial charge in [-0.2, -0.15) is 0 Å². The van der Waals surface area contributed by atoms with Gasteiger partial charge in [0.2, 0.25) is 0 Å². The molecule has 0 aliphatic heterocycles. The molecule has 1 rings (SSSR count). The second kappa shape index (κ2) is 8.14. The van der Waals surface area contributed by atoms with E-state index in [2.05, 4.69) is 15.9 Å². The quantitative estimate of drug-likeness (QED) is 0.714. The van der Waals surface area contributed by atoms with Gasteiger partial charge in [0.15, 0.2) is 0 Å². The third kappa shape index (κ3) is 5.59. The van der Waals surface area contributed by atoms with Crippen molar-refractivity contribution < 1.29 is 19.4 Å².